The van der Waals surface area contributed by atoms with Crippen LogP contribution in [-0.4, -0.2) is 19.6 Å². The summed E-state index contributed by atoms with van der Waals surface area (Å²) < 4.78 is 5.18. The Bertz CT molecular complexity index is 599. The number of hydrogen-bond donors (Lipinski definition) is 2. The van der Waals surface area contributed by atoms with E-state index in [4.69, 9.17) is 16.3 Å². The monoisotopic (exact) mass is 304 g/mol. The quantitative estimate of drug-likeness (QED) is 0.862. The number of carbonyl (C=O) groups excluding carboxylic acids is 1. The van der Waals surface area contributed by atoms with Crippen molar-refractivity contribution in [2.24, 2.45) is 0 Å². The Morgan fingerprint density at radius 1 is 1.14 bits per heavy atom. The van der Waals surface area contributed by atoms with Gasteiger partial charge in [0.15, 0.2) is 0 Å². The van der Waals surface area contributed by atoms with Crippen molar-refractivity contribution in [3.8, 4) is 5.75 Å². The molecule has 0 aliphatic carbocycles. The number of nitrogens with one attached hydrogen (secondary N) is 2. The van der Waals surface area contributed by atoms with Crippen LogP contribution in [0.2, 0.25) is 5.02 Å². The first kappa shape index (κ1) is 15.4. The molecule has 0 saturated carbocycles. The van der Waals surface area contributed by atoms with Crippen molar-refractivity contribution in [2.45, 2.75) is 6.54 Å². The van der Waals surface area contributed by atoms with E-state index in [-0.39, 0.29) is 12.5 Å². The van der Waals surface area contributed by atoms with Gasteiger partial charge in [0, 0.05) is 11.6 Å². The van der Waals surface area contributed by atoms with Crippen LogP contribution in [-0.2, 0) is 11.3 Å². The molecule has 2 rings (SSSR count). The fourth-order valence-electron chi connectivity index (χ4n) is 1.86. The number of methoxy groups -OCH3 is 1. The molecular weight excluding hydrogens is 288 g/mol. The molecule has 0 bridgehead atoms. The van der Waals surface area contributed by atoms with Crippen LogP contribution >= 0.6 is 11.6 Å². The lowest BCUT2D eigenvalue weighted by Gasteiger charge is -2.10. The van der Waals surface area contributed by atoms with Crippen molar-refractivity contribution >= 4 is 23.2 Å². The highest BCUT2D eigenvalue weighted by Crippen LogP contribution is 2.22. The average molecular weight is 305 g/mol. The zero-order valence-corrected chi connectivity index (χ0v) is 12.5. The van der Waals surface area contributed by atoms with E-state index in [2.05, 4.69) is 10.6 Å². The van der Waals surface area contributed by atoms with Gasteiger partial charge in [-0.2, -0.15) is 0 Å². The van der Waals surface area contributed by atoms with Gasteiger partial charge in [-0.25, -0.2) is 0 Å². The number of ether oxygens (including phenoxy) is 1. The van der Waals surface area contributed by atoms with Gasteiger partial charge in [-0.05, 0) is 29.8 Å². The zero-order chi connectivity index (χ0) is 15.1. The van der Waals surface area contributed by atoms with Gasteiger partial charge in [0.1, 0.15) is 5.75 Å². The predicted molar refractivity (Wildman–Crippen MR) is 84.8 cm³/mol. The Hall–Kier alpha value is -2.04. The molecule has 110 valence electrons. The van der Waals surface area contributed by atoms with E-state index < -0.39 is 0 Å². The van der Waals surface area contributed by atoms with Crippen LogP contribution in [0, 0.1) is 0 Å². The van der Waals surface area contributed by atoms with Crippen molar-refractivity contribution < 1.29 is 9.53 Å². The highest BCUT2D eigenvalue weighted by Gasteiger charge is 2.06. The Labute approximate surface area is 129 Å². The van der Waals surface area contributed by atoms with E-state index in [1.807, 2.05) is 36.4 Å². The van der Waals surface area contributed by atoms with E-state index in [1.165, 1.54) is 0 Å². The number of halogens is 1. The molecule has 0 heterocycles. The van der Waals surface area contributed by atoms with E-state index in [9.17, 15) is 4.79 Å². The third kappa shape index (κ3) is 4.77. The predicted octanol–water partition coefficient (Wildman–Crippen LogP) is 3.08. The van der Waals surface area contributed by atoms with Crippen molar-refractivity contribution in [1.82, 2.24) is 5.32 Å². The summed E-state index contributed by atoms with van der Waals surface area (Å²) in [7, 11) is 1.57. The largest absolute Gasteiger partial charge is 0.495 e. The second-order valence-electron chi connectivity index (χ2n) is 4.48. The molecule has 1 amide bonds. The molecule has 0 saturated heterocycles. The van der Waals surface area contributed by atoms with Crippen molar-refractivity contribution in [3.05, 3.63) is 59.1 Å². The highest BCUT2D eigenvalue weighted by atomic mass is 35.5. The van der Waals surface area contributed by atoms with E-state index in [1.54, 1.807) is 19.2 Å². The lowest BCUT2D eigenvalue weighted by molar-refractivity contribution is -0.115. The summed E-state index contributed by atoms with van der Waals surface area (Å²) in [6.07, 6.45) is 0. The Kier molecular flexibility index (Phi) is 5.60. The first-order valence-corrected chi connectivity index (χ1v) is 6.95. The summed E-state index contributed by atoms with van der Waals surface area (Å²) in [5.74, 6) is 0.525. The lowest BCUT2D eigenvalue weighted by atomic mass is 10.2. The molecule has 2 N–H and O–H groups in total. The number of carbonyl (C=O) groups is 1. The minimum Gasteiger partial charge on any atom is -0.495 e. The number of benzene rings is 2. The smallest absolute Gasteiger partial charge is 0.238 e. The van der Waals surface area contributed by atoms with E-state index >= 15 is 0 Å². The number of para-hydroxylation sites is 2. The standard InChI is InChI=1S/C16H17ClN2O2/c1-21-15-5-3-2-4-14(15)19-16(20)11-18-10-12-6-8-13(17)9-7-12/h2-9,18H,10-11H2,1H3,(H,19,20). The van der Waals surface area contributed by atoms with E-state index in [0.29, 0.717) is 23.0 Å². The Morgan fingerprint density at radius 2 is 1.86 bits per heavy atom. The fourth-order valence-corrected chi connectivity index (χ4v) is 1.99. The van der Waals surface area contributed by atoms with Gasteiger partial charge < -0.3 is 15.4 Å². The Balaban J connectivity index is 1.81. The van der Waals surface area contributed by atoms with Gasteiger partial charge in [0.25, 0.3) is 0 Å². The van der Waals surface area contributed by atoms with Gasteiger partial charge in [-0.1, -0.05) is 35.9 Å². The summed E-state index contributed by atoms with van der Waals surface area (Å²) in [4.78, 5) is 11.9. The molecule has 0 unspecified atom stereocenters. The number of anilines is 1. The fraction of sp³-hybridized carbons (Fsp3) is 0.188. The molecule has 0 aliphatic rings. The summed E-state index contributed by atoms with van der Waals surface area (Å²) >= 11 is 5.82. The summed E-state index contributed by atoms with van der Waals surface area (Å²) in [6.45, 7) is 0.831. The molecule has 0 aromatic heterocycles. The van der Waals surface area contributed by atoms with Crippen molar-refractivity contribution in [2.75, 3.05) is 19.0 Å². The molecule has 0 atom stereocenters. The lowest BCUT2D eigenvalue weighted by Crippen LogP contribution is -2.27. The van der Waals surface area contributed by atoms with Crippen LogP contribution in [0.1, 0.15) is 5.56 Å². The number of amides is 1. The molecule has 4 nitrogen and oxygen atoms in total. The normalized spacial score (nSPS) is 10.2. The SMILES string of the molecule is COc1ccccc1NC(=O)CNCc1ccc(Cl)cc1. The van der Waals surface area contributed by atoms with Crippen LogP contribution in [0.3, 0.4) is 0 Å². The van der Waals surface area contributed by atoms with Crippen LogP contribution < -0.4 is 15.4 Å². The maximum atomic E-state index is 11.9. The van der Waals surface area contributed by atoms with E-state index in [0.717, 1.165) is 5.56 Å². The van der Waals surface area contributed by atoms with Gasteiger partial charge in [-0.3, -0.25) is 4.79 Å². The number of hydrogen-bond acceptors (Lipinski definition) is 3. The first-order valence-electron chi connectivity index (χ1n) is 6.57. The molecule has 0 radical (unpaired) electrons. The van der Waals surface area contributed by atoms with Crippen LogP contribution in [0.5, 0.6) is 5.75 Å². The summed E-state index contributed by atoms with van der Waals surface area (Å²) in [5.41, 5.74) is 1.74. The third-order valence-electron chi connectivity index (χ3n) is 2.91. The summed E-state index contributed by atoms with van der Waals surface area (Å²) in [5, 5.41) is 6.59. The summed E-state index contributed by atoms with van der Waals surface area (Å²) in [6, 6.07) is 14.8. The molecule has 0 spiro atoms. The van der Waals surface area contributed by atoms with Crippen molar-refractivity contribution in [3.63, 3.8) is 0 Å². The molecule has 21 heavy (non-hydrogen) atoms. The minimum atomic E-state index is -0.117. The van der Waals surface area contributed by atoms with Crippen LogP contribution in [0.4, 0.5) is 5.69 Å². The first-order chi connectivity index (χ1) is 10.2. The molecule has 5 heteroatoms. The molecule has 2 aromatic rings. The number of rotatable bonds is 6. The van der Waals surface area contributed by atoms with Crippen LogP contribution in [0.25, 0.3) is 0 Å². The second-order valence-corrected chi connectivity index (χ2v) is 4.91. The van der Waals surface area contributed by atoms with Gasteiger partial charge >= 0.3 is 0 Å². The molecule has 0 fully saturated rings. The Morgan fingerprint density at radius 3 is 2.57 bits per heavy atom. The topological polar surface area (TPSA) is 50.4 Å². The maximum Gasteiger partial charge on any atom is 0.238 e. The molecular formula is C16H17ClN2O2. The average Bonchev–Trinajstić information content (AvgIpc) is 2.50. The zero-order valence-electron chi connectivity index (χ0n) is 11.7. The maximum absolute atomic E-state index is 11.9. The highest BCUT2D eigenvalue weighted by molar-refractivity contribution is 6.30. The minimum absolute atomic E-state index is 0.117. The van der Waals surface area contributed by atoms with Gasteiger partial charge in [0.05, 0.1) is 19.3 Å². The second kappa shape index (κ2) is 7.67. The third-order valence-corrected chi connectivity index (χ3v) is 3.16. The van der Waals surface area contributed by atoms with Gasteiger partial charge in [0.2, 0.25) is 5.91 Å². The molecule has 2 aromatic carbocycles. The van der Waals surface area contributed by atoms with Crippen molar-refractivity contribution in [1.29, 1.82) is 0 Å². The van der Waals surface area contributed by atoms with Gasteiger partial charge in [-0.15, -0.1) is 0 Å². The van der Waals surface area contributed by atoms with Crippen LogP contribution in [0.15, 0.2) is 48.5 Å². The molecule has 0 aliphatic heterocycles.